The van der Waals surface area contributed by atoms with Crippen molar-refractivity contribution in [2.24, 2.45) is 0 Å². The van der Waals surface area contributed by atoms with Gasteiger partial charge in [0.05, 0.1) is 11.3 Å². The molecular formula is C21H20Cl2F3IN2O2. The van der Waals surface area contributed by atoms with Gasteiger partial charge in [-0.25, -0.2) is 0 Å². The molecule has 1 aliphatic rings. The molecule has 10 heteroatoms. The Morgan fingerprint density at radius 2 is 1.71 bits per heavy atom. The average Bonchev–Trinajstić information content (AvgIpc) is 2.89. The maximum Gasteiger partial charge on any atom is 0.416 e. The zero-order valence-electron chi connectivity index (χ0n) is 16.7. The molecule has 1 aliphatic heterocycles. The molecule has 0 fully saturated rings. The summed E-state index contributed by atoms with van der Waals surface area (Å²) in [5, 5.41) is 11.5. The van der Waals surface area contributed by atoms with Crippen LogP contribution in [-0.4, -0.2) is 42.1 Å². The number of amides is 1. The third kappa shape index (κ3) is 4.29. The Morgan fingerprint density at radius 3 is 2.23 bits per heavy atom. The van der Waals surface area contributed by atoms with Gasteiger partial charge in [0.2, 0.25) is 0 Å². The van der Waals surface area contributed by atoms with E-state index in [1.165, 1.54) is 29.2 Å². The maximum absolute atomic E-state index is 14.0. The summed E-state index contributed by atoms with van der Waals surface area (Å²) in [6.07, 6.45) is -4.80. The van der Waals surface area contributed by atoms with E-state index >= 15 is 0 Å². The predicted molar refractivity (Wildman–Crippen MR) is 124 cm³/mol. The molecule has 1 heterocycles. The minimum atomic E-state index is -4.80. The molecule has 0 saturated heterocycles. The van der Waals surface area contributed by atoms with E-state index in [9.17, 15) is 23.1 Å². The second-order valence-corrected chi connectivity index (χ2v) is 9.20. The van der Waals surface area contributed by atoms with Crippen molar-refractivity contribution in [2.75, 3.05) is 31.1 Å². The summed E-state index contributed by atoms with van der Waals surface area (Å²) >= 11 is 14.3. The number of alkyl halides is 3. The minimum Gasteiger partial charge on any atom is -0.372 e. The van der Waals surface area contributed by atoms with Crippen LogP contribution in [0.15, 0.2) is 30.3 Å². The fourth-order valence-corrected chi connectivity index (χ4v) is 5.18. The highest BCUT2D eigenvalue weighted by Crippen LogP contribution is 2.53. The first-order valence-electron chi connectivity index (χ1n) is 9.59. The zero-order chi connectivity index (χ0) is 23.1. The molecule has 1 N–H and O–H groups in total. The predicted octanol–water partition coefficient (Wildman–Crippen LogP) is 5.54. The van der Waals surface area contributed by atoms with Crippen molar-refractivity contribution >= 4 is 57.4 Å². The number of halogens is 6. The highest BCUT2D eigenvalue weighted by atomic mass is 127. The lowest BCUT2D eigenvalue weighted by atomic mass is 9.84. The fraction of sp³-hybridized carbons (Fsp3) is 0.381. The topological polar surface area (TPSA) is 43.8 Å². The lowest BCUT2D eigenvalue weighted by Crippen LogP contribution is -2.44. The number of likely N-dealkylation sites (N-methyl/N-ethyl adjacent to an activating group) is 1. The van der Waals surface area contributed by atoms with Crippen LogP contribution in [0.2, 0.25) is 10.0 Å². The van der Waals surface area contributed by atoms with Crippen molar-refractivity contribution in [2.45, 2.75) is 25.6 Å². The van der Waals surface area contributed by atoms with Crippen molar-refractivity contribution in [3.63, 3.8) is 0 Å². The largest absolute Gasteiger partial charge is 0.416 e. The monoisotopic (exact) mass is 586 g/mol. The number of hydrogen-bond donors (Lipinski definition) is 1. The molecule has 2 aromatic carbocycles. The molecule has 3 rings (SSSR count). The third-order valence-corrected chi connectivity index (χ3v) is 6.71. The van der Waals surface area contributed by atoms with Gasteiger partial charge in [0, 0.05) is 37.8 Å². The zero-order valence-corrected chi connectivity index (χ0v) is 20.4. The third-order valence-electron chi connectivity index (χ3n) is 5.45. The van der Waals surface area contributed by atoms with Crippen LogP contribution in [0.5, 0.6) is 0 Å². The number of fused-ring (bicyclic) bond motifs is 1. The Hall–Kier alpha value is -1.07. The standard InChI is InChI=1S/C21H20Cl2F3IN2O2/c1-3-28(4-2)8-9-29-16-11-12(27)10-13(21(24,25)26)17(16)20(31,19(29)30)18-14(22)6-5-7-15(18)23/h5-7,10-11,31H,3-4,8-9H2,1-2H3. The summed E-state index contributed by atoms with van der Waals surface area (Å²) in [6, 6.07) is 6.64. The number of carbonyl (C=O) groups is 1. The number of nitrogens with zero attached hydrogens (tertiary/aromatic N) is 2. The number of hydrogen-bond acceptors (Lipinski definition) is 3. The molecule has 2 aromatic rings. The molecule has 0 bridgehead atoms. The second kappa shape index (κ2) is 9.05. The number of benzene rings is 2. The van der Waals surface area contributed by atoms with Crippen molar-refractivity contribution in [1.29, 1.82) is 0 Å². The molecule has 0 saturated carbocycles. The lowest BCUT2D eigenvalue weighted by molar-refractivity contribution is -0.142. The van der Waals surface area contributed by atoms with Gasteiger partial charge in [-0.15, -0.1) is 0 Å². The Morgan fingerprint density at radius 1 is 1.13 bits per heavy atom. The van der Waals surface area contributed by atoms with E-state index in [-0.39, 0.29) is 27.8 Å². The molecular weight excluding hydrogens is 567 g/mol. The summed E-state index contributed by atoms with van der Waals surface area (Å²) in [7, 11) is 0. The highest BCUT2D eigenvalue weighted by molar-refractivity contribution is 14.1. The molecule has 0 radical (unpaired) electrons. The van der Waals surface area contributed by atoms with Crippen LogP contribution >= 0.6 is 45.8 Å². The van der Waals surface area contributed by atoms with E-state index < -0.39 is 28.8 Å². The number of aliphatic hydroxyl groups is 1. The van der Waals surface area contributed by atoms with E-state index in [1.807, 2.05) is 18.7 Å². The van der Waals surface area contributed by atoms with Gasteiger partial charge in [0.15, 0.2) is 5.60 Å². The minimum absolute atomic E-state index is 0.00914. The summed E-state index contributed by atoms with van der Waals surface area (Å²) in [5.41, 5.74) is -4.54. The maximum atomic E-state index is 14.0. The molecule has 1 atom stereocenters. The molecule has 4 nitrogen and oxygen atoms in total. The SMILES string of the molecule is CCN(CC)CCN1C(=O)C(O)(c2c(Cl)cccc2Cl)c2c1cc(I)cc2C(F)(F)F. The highest BCUT2D eigenvalue weighted by Gasteiger charge is 2.57. The first kappa shape index (κ1) is 24.6. The molecule has 0 spiro atoms. The Balaban J connectivity index is 2.30. The summed E-state index contributed by atoms with van der Waals surface area (Å²) in [6.45, 7) is 5.87. The molecule has 31 heavy (non-hydrogen) atoms. The van der Waals surface area contributed by atoms with Crippen LogP contribution in [0.4, 0.5) is 18.9 Å². The van der Waals surface area contributed by atoms with Gasteiger partial charge in [-0.1, -0.05) is 43.1 Å². The number of carbonyl (C=O) groups excluding carboxylic acids is 1. The smallest absolute Gasteiger partial charge is 0.372 e. The van der Waals surface area contributed by atoms with Crippen LogP contribution in [0.25, 0.3) is 0 Å². The van der Waals surface area contributed by atoms with E-state index in [1.54, 1.807) is 22.6 Å². The van der Waals surface area contributed by atoms with Gasteiger partial charge in [-0.3, -0.25) is 4.79 Å². The van der Waals surface area contributed by atoms with Crippen molar-refractivity contribution in [3.8, 4) is 0 Å². The summed E-state index contributed by atoms with van der Waals surface area (Å²) in [5.74, 6) is -0.905. The molecule has 1 unspecified atom stereocenters. The van der Waals surface area contributed by atoms with Crippen LogP contribution in [0.1, 0.15) is 30.5 Å². The van der Waals surface area contributed by atoms with E-state index in [0.717, 1.165) is 6.07 Å². The quantitative estimate of drug-likeness (QED) is 0.452. The Labute approximate surface area is 202 Å². The van der Waals surface area contributed by atoms with Crippen molar-refractivity contribution < 1.29 is 23.1 Å². The Bertz CT molecular complexity index is 995. The fourth-order valence-electron chi connectivity index (χ4n) is 3.90. The van der Waals surface area contributed by atoms with Gasteiger partial charge in [0.25, 0.3) is 5.91 Å². The van der Waals surface area contributed by atoms with Crippen LogP contribution in [-0.2, 0) is 16.6 Å². The molecule has 0 aromatic heterocycles. The average molecular weight is 587 g/mol. The summed E-state index contributed by atoms with van der Waals surface area (Å²) in [4.78, 5) is 16.8. The van der Waals surface area contributed by atoms with E-state index in [2.05, 4.69) is 0 Å². The normalized spacial score (nSPS) is 18.8. The summed E-state index contributed by atoms with van der Waals surface area (Å²) < 4.78 is 42.4. The van der Waals surface area contributed by atoms with E-state index in [0.29, 0.717) is 23.2 Å². The first-order chi connectivity index (χ1) is 14.5. The Kier molecular flexibility index (Phi) is 7.17. The van der Waals surface area contributed by atoms with Crippen molar-refractivity contribution in [3.05, 3.63) is 60.6 Å². The van der Waals surface area contributed by atoms with Crippen molar-refractivity contribution in [1.82, 2.24) is 4.90 Å². The van der Waals surface area contributed by atoms with Gasteiger partial charge in [0.1, 0.15) is 0 Å². The van der Waals surface area contributed by atoms with Gasteiger partial charge < -0.3 is 14.9 Å². The number of rotatable bonds is 6. The lowest BCUT2D eigenvalue weighted by Gasteiger charge is -2.27. The number of anilines is 1. The van der Waals surface area contributed by atoms with Gasteiger partial charge in [-0.05, 0) is 59.9 Å². The van der Waals surface area contributed by atoms with Crippen LogP contribution in [0.3, 0.4) is 0 Å². The second-order valence-electron chi connectivity index (χ2n) is 7.14. The van der Waals surface area contributed by atoms with Crippen LogP contribution in [0, 0.1) is 3.57 Å². The molecule has 0 aliphatic carbocycles. The molecule has 1 amide bonds. The van der Waals surface area contributed by atoms with Gasteiger partial charge >= 0.3 is 6.18 Å². The van der Waals surface area contributed by atoms with Crippen LogP contribution < -0.4 is 4.90 Å². The van der Waals surface area contributed by atoms with E-state index in [4.69, 9.17) is 23.2 Å². The first-order valence-corrected chi connectivity index (χ1v) is 11.4. The molecule has 168 valence electrons. The van der Waals surface area contributed by atoms with Gasteiger partial charge in [-0.2, -0.15) is 13.2 Å².